The minimum Gasteiger partial charge on any atom is -0.481 e. The van der Waals surface area contributed by atoms with E-state index in [0.717, 1.165) is 36.6 Å². The molecule has 0 aliphatic heterocycles. The summed E-state index contributed by atoms with van der Waals surface area (Å²) in [5.74, 6) is -0.190. The first-order valence-corrected chi connectivity index (χ1v) is 9.10. The van der Waals surface area contributed by atoms with Crippen LogP contribution in [0, 0.1) is 0 Å². The highest BCUT2D eigenvalue weighted by Gasteiger charge is 2.14. The Morgan fingerprint density at radius 2 is 2.24 bits per heavy atom. The number of hydrogen-bond acceptors (Lipinski definition) is 9. The Kier molecular flexibility index (Phi) is 7.44. The fraction of sp³-hybridized carbons (Fsp3) is 0.357. The van der Waals surface area contributed by atoms with Crippen LogP contribution in [0.15, 0.2) is 30.3 Å². The van der Waals surface area contributed by atoms with E-state index in [1.165, 1.54) is 11.5 Å². The molecule has 0 unspecified atom stereocenters. The van der Waals surface area contributed by atoms with E-state index in [1.807, 2.05) is 17.8 Å². The number of rotatable bonds is 7. The molecular formula is C14H19N7O2S2. The molecule has 0 amide bonds. The van der Waals surface area contributed by atoms with Gasteiger partial charge < -0.3 is 15.7 Å². The van der Waals surface area contributed by atoms with Gasteiger partial charge in [-0.25, -0.2) is 9.97 Å². The normalized spacial score (nSPS) is 10.2. The fourth-order valence-corrected chi connectivity index (χ4v) is 3.16. The molecule has 0 bridgehead atoms. The van der Waals surface area contributed by atoms with E-state index in [1.54, 1.807) is 28.4 Å². The van der Waals surface area contributed by atoms with Crippen LogP contribution in [0.25, 0.3) is 5.95 Å². The quantitative estimate of drug-likeness (QED) is 0.633. The summed E-state index contributed by atoms with van der Waals surface area (Å²) in [4.78, 5) is 24.1. The summed E-state index contributed by atoms with van der Waals surface area (Å²) in [6.45, 7) is 3.31. The third kappa shape index (κ3) is 6.21. The van der Waals surface area contributed by atoms with E-state index in [-0.39, 0.29) is 0 Å². The Bertz CT molecular complexity index is 739. The van der Waals surface area contributed by atoms with Crippen molar-refractivity contribution in [3.8, 4) is 5.95 Å². The standard InChI is InChI=1S/C12H15N7S2.C2H4O2/c13-2-1-5-18(8-10-15-4-7-20-10)12-16-11(17-21-12)19-6-3-14-9-19;1-2(3)4/h3-4,6-7,9H,1-2,5,8,13H2;1H3,(H,3,4). The van der Waals surface area contributed by atoms with Crippen molar-refractivity contribution in [2.75, 3.05) is 18.0 Å². The molecule has 0 saturated heterocycles. The number of carbonyl (C=O) groups is 1. The maximum absolute atomic E-state index is 9.00. The van der Waals surface area contributed by atoms with E-state index >= 15 is 0 Å². The van der Waals surface area contributed by atoms with Gasteiger partial charge in [-0.3, -0.25) is 9.36 Å². The number of carboxylic acids is 1. The lowest BCUT2D eigenvalue weighted by atomic mass is 10.4. The largest absolute Gasteiger partial charge is 0.481 e. The molecule has 134 valence electrons. The van der Waals surface area contributed by atoms with Gasteiger partial charge in [0.15, 0.2) is 0 Å². The van der Waals surface area contributed by atoms with Crippen LogP contribution in [0.2, 0.25) is 0 Å². The van der Waals surface area contributed by atoms with Crippen LogP contribution in [0.1, 0.15) is 18.4 Å². The van der Waals surface area contributed by atoms with Crippen LogP contribution >= 0.6 is 22.9 Å². The number of aromatic nitrogens is 5. The number of imidazole rings is 1. The van der Waals surface area contributed by atoms with Gasteiger partial charge in [0.05, 0.1) is 6.54 Å². The molecule has 0 atom stereocenters. The summed E-state index contributed by atoms with van der Waals surface area (Å²) in [5, 5.41) is 11.3. The summed E-state index contributed by atoms with van der Waals surface area (Å²) >= 11 is 3.02. The molecule has 3 rings (SSSR count). The van der Waals surface area contributed by atoms with Crippen LogP contribution in [0.3, 0.4) is 0 Å². The molecule has 0 fully saturated rings. The molecular weight excluding hydrogens is 362 g/mol. The van der Waals surface area contributed by atoms with Crippen molar-refractivity contribution >= 4 is 34.0 Å². The lowest BCUT2D eigenvalue weighted by molar-refractivity contribution is -0.134. The van der Waals surface area contributed by atoms with E-state index in [4.69, 9.17) is 15.6 Å². The highest BCUT2D eigenvalue weighted by Crippen LogP contribution is 2.22. The number of hydrogen-bond donors (Lipinski definition) is 2. The number of thiazole rings is 1. The molecule has 0 spiro atoms. The van der Waals surface area contributed by atoms with Crippen LogP contribution in [0.5, 0.6) is 0 Å². The second-order valence-electron chi connectivity index (χ2n) is 4.86. The first-order valence-electron chi connectivity index (χ1n) is 7.45. The van der Waals surface area contributed by atoms with E-state index in [2.05, 4.69) is 24.2 Å². The highest BCUT2D eigenvalue weighted by atomic mass is 32.1. The number of nitrogens with zero attached hydrogens (tertiary/aromatic N) is 6. The van der Waals surface area contributed by atoms with Gasteiger partial charge in [-0.2, -0.15) is 9.36 Å². The molecule has 0 aliphatic carbocycles. The summed E-state index contributed by atoms with van der Waals surface area (Å²) in [6, 6.07) is 0. The summed E-state index contributed by atoms with van der Waals surface area (Å²) in [6.07, 6.45) is 7.96. The lowest BCUT2D eigenvalue weighted by Gasteiger charge is -2.19. The Morgan fingerprint density at radius 3 is 2.84 bits per heavy atom. The van der Waals surface area contributed by atoms with Crippen molar-refractivity contribution < 1.29 is 9.90 Å². The maximum Gasteiger partial charge on any atom is 0.300 e. The van der Waals surface area contributed by atoms with Crippen molar-refractivity contribution in [3.05, 3.63) is 35.3 Å². The third-order valence-corrected chi connectivity index (χ3v) is 4.38. The number of carboxylic acid groups (broad SMARTS) is 1. The topological polar surface area (TPSA) is 123 Å². The van der Waals surface area contributed by atoms with Gasteiger partial charge in [-0.15, -0.1) is 11.3 Å². The molecule has 0 aliphatic rings. The number of nitrogens with two attached hydrogens (primary N) is 1. The molecule has 25 heavy (non-hydrogen) atoms. The molecule has 9 nitrogen and oxygen atoms in total. The van der Waals surface area contributed by atoms with Crippen molar-refractivity contribution in [3.63, 3.8) is 0 Å². The average Bonchev–Trinajstić information content (AvgIpc) is 3.32. The molecule has 3 aromatic rings. The monoisotopic (exact) mass is 381 g/mol. The van der Waals surface area contributed by atoms with E-state index < -0.39 is 5.97 Å². The first-order chi connectivity index (χ1) is 12.1. The van der Waals surface area contributed by atoms with E-state index in [9.17, 15) is 0 Å². The number of aliphatic carboxylic acids is 1. The van der Waals surface area contributed by atoms with Crippen LogP contribution in [0.4, 0.5) is 5.13 Å². The number of anilines is 1. The van der Waals surface area contributed by atoms with Gasteiger partial charge in [0.25, 0.3) is 5.97 Å². The van der Waals surface area contributed by atoms with Crippen molar-refractivity contribution in [1.29, 1.82) is 0 Å². The van der Waals surface area contributed by atoms with E-state index in [0.29, 0.717) is 12.5 Å². The predicted octanol–water partition coefficient (Wildman–Crippen LogP) is 1.63. The van der Waals surface area contributed by atoms with Crippen molar-refractivity contribution in [1.82, 2.24) is 23.9 Å². The SMILES string of the molecule is CC(=O)O.NCCCN(Cc1nccs1)c1nc(-n2ccnc2)ns1. The van der Waals surface area contributed by atoms with Gasteiger partial charge in [-0.1, -0.05) is 0 Å². The Hall–Kier alpha value is -2.37. The van der Waals surface area contributed by atoms with Crippen LogP contribution < -0.4 is 10.6 Å². The fourth-order valence-electron chi connectivity index (χ4n) is 1.84. The van der Waals surface area contributed by atoms with Crippen LogP contribution in [-0.4, -0.2) is 48.1 Å². The minimum absolute atomic E-state index is 0.643. The molecule has 0 radical (unpaired) electrons. The van der Waals surface area contributed by atoms with Crippen molar-refractivity contribution in [2.24, 2.45) is 5.73 Å². The minimum atomic E-state index is -0.833. The summed E-state index contributed by atoms with van der Waals surface area (Å²) < 4.78 is 6.18. The zero-order valence-corrected chi connectivity index (χ0v) is 15.3. The molecule has 0 aromatic carbocycles. The van der Waals surface area contributed by atoms with Gasteiger partial charge in [-0.05, 0) is 13.0 Å². The highest BCUT2D eigenvalue weighted by molar-refractivity contribution is 7.10. The van der Waals surface area contributed by atoms with Crippen molar-refractivity contribution in [2.45, 2.75) is 19.9 Å². The molecule has 11 heteroatoms. The second kappa shape index (κ2) is 9.81. The van der Waals surface area contributed by atoms with Gasteiger partial charge in [0.1, 0.15) is 11.3 Å². The molecule has 3 N–H and O–H groups in total. The Morgan fingerprint density at radius 1 is 1.44 bits per heavy atom. The van der Waals surface area contributed by atoms with Crippen LogP contribution in [-0.2, 0) is 11.3 Å². The zero-order valence-electron chi connectivity index (χ0n) is 13.6. The smallest absolute Gasteiger partial charge is 0.300 e. The summed E-state index contributed by atoms with van der Waals surface area (Å²) in [5.41, 5.74) is 5.63. The van der Waals surface area contributed by atoms with Gasteiger partial charge in [0.2, 0.25) is 11.1 Å². The predicted molar refractivity (Wildman–Crippen MR) is 97.2 cm³/mol. The maximum atomic E-state index is 9.00. The second-order valence-corrected chi connectivity index (χ2v) is 6.56. The summed E-state index contributed by atoms with van der Waals surface area (Å²) in [7, 11) is 0. The van der Waals surface area contributed by atoms with Gasteiger partial charge in [0, 0.05) is 49.0 Å². The average molecular weight is 381 g/mol. The Labute approximate surface area is 153 Å². The molecule has 0 saturated carbocycles. The molecule has 3 aromatic heterocycles. The zero-order chi connectivity index (χ0) is 18.1. The third-order valence-electron chi connectivity index (χ3n) is 2.85. The lowest BCUT2D eigenvalue weighted by Crippen LogP contribution is -2.25. The van der Waals surface area contributed by atoms with Gasteiger partial charge >= 0.3 is 0 Å². The Balaban J connectivity index is 0.000000511. The molecule has 3 heterocycles. The first kappa shape index (κ1) is 19.0.